The van der Waals surface area contributed by atoms with E-state index in [1.54, 1.807) is 0 Å². The minimum absolute atomic E-state index is 0.00112. The van der Waals surface area contributed by atoms with Crippen molar-refractivity contribution in [2.45, 2.75) is 341 Å². The fourth-order valence-electron chi connectivity index (χ4n) is 9.36. The average molecular weight is 945 g/mol. The van der Waals surface area contributed by atoms with Crippen LogP contribution in [0.5, 0.6) is 0 Å². The molecule has 1 amide bonds. The molecule has 0 aromatic carbocycles. The molecule has 0 saturated heterocycles. The maximum absolute atomic E-state index is 12.5. The molecule has 0 aliphatic rings. The first-order valence-electron chi connectivity index (χ1n) is 30.1. The zero-order valence-electron chi connectivity index (χ0n) is 45.1. The predicted octanol–water partition coefficient (Wildman–Crippen LogP) is 18.6. The Labute approximate surface area is 418 Å². The molecular formula is C61H117NO5. The summed E-state index contributed by atoms with van der Waals surface area (Å²) in [5, 5.41) is 23.3. The highest BCUT2D eigenvalue weighted by atomic mass is 16.5. The molecule has 0 bridgehead atoms. The van der Waals surface area contributed by atoms with Crippen LogP contribution in [-0.4, -0.2) is 47.4 Å². The molecule has 0 aromatic rings. The van der Waals surface area contributed by atoms with E-state index >= 15 is 0 Å². The van der Waals surface area contributed by atoms with E-state index in [2.05, 4.69) is 43.5 Å². The lowest BCUT2D eigenvalue weighted by atomic mass is 10.0. The molecule has 0 saturated carbocycles. The number of carbonyl (C=O) groups excluding carboxylic acids is 2. The van der Waals surface area contributed by atoms with E-state index in [1.165, 1.54) is 244 Å². The van der Waals surface area contributed by atoms with Crippen LogP contribution in [0.1, 0.15) is 328 Å². The van der Waals surface area contributed by atoms with Crippen molar-refractivity contribution in [1.29, 1.82) is 0 Å². The van der Waals surface area contributed by atoms with E-state index in [0.29, 0.717) is 25.9 Å². The monoisotopic (exact) mass is 944 g/mol. The highest BCUT2D eigenvalue weighted by molar-refractivity contribution is 5.76. The molecule has 2 atom stereocenters. The van der Waals surface area contributed by atoms with Gasteiger partial charge >= 0.3 is 5.97 Å². The smallest absolute Gasteiger partial charge is 0.305 e. The lowest BCUT2D eigenvalue weighted by Crippen LogP contribution is -2.45. The second-order valence-corrected chi connectivity index (χ2v) is 20.7. The van der Waals surface area contributed by atoms with Crippen LogP contribution < -0.4 is 5.32 Å². The van der Waals surface area contributed by atoms with Gasteiger partial charge < -0.3 is 20.3 Å². The van der Waals surface area contributed by atoms with E-state index in [9.17, 15) is 19.8 Å². The molecular weight excluding hydrogens is 827 g/mol. The summed E-state index contributed by atoms with van der Waals surface area (Å²) < 4.78 is 5.47. The number of hydrogen-bond donors (Lipinski definition) is 3. The molecule has 0 aliphatic heterocycles. The van der Waals surface area contributed by atoms with Crippen LogP contribution in [0.4, 0.5) is 0 Å². The van der Waals surface area contributed by atoms with Gasteiger partial charge in [-0.15, -0.1) is 0 Å². The van der Waals surface area contributed by atoms with Crippen LogP contribution in [-0.2, 0) is 14.3 Å². The average Bonchev–Trinajstić information content (AvgIpc) is 3.33. The van der Waals surface area contributed by atoms with Gasteiger partial charge in [-0.2, -0.15) is 0 Å². The molecule has 0 aromatic heterocycles. The molecule has 0 rings (SSSR count). The van der Waals surface area contributed by atoms with Gasteiger partial charge in [-0.05, 0) is 51.4 Å². The number of rotatable bonds is 56. The second-order valence-electron chi connectivity index (χ2n) is 20.7. The van der Waals surface area contributed by atoms with Crippen molar-refractivity contribution in [2.24, 2.45) is 0 Å². The van der Waals surface area contributed by atoms with Gasteiger partial charge in [0.25, 0.3) is 0 Å². The summed E-state index contributed by atoms with van der Waals surface area (Å²) >= 11 is 0. The van der Waals surface area contributed by atoms with E-state index in [-0.39, 0.29) is 18.5 Å². The molecule has 3 N–H and O–H groups in total. The molecule has 0 aliphatic carbocycles. The van der Waals surface area contributed by atoms with Crippen LogP contribution in [0, 0.1) is 0 Å². The molecule has 6 nitrogen and oxygen atoms in total. The number of aliphatic hydroxyl groups excluding tert-OH is 2. The third-order valence-electron chi connectivity index (χ3n) is 14.0. The molecule has 0 fully saturated rings. The first kappa shape index (κ1) is 65.3. The van der Waals surface area contributed by atoms with Crippen LogP contribution in [0.25, 0.3) is 0 Å². The van der Waals surface area contributed by atoms with Crippen molar-refractivity contribution in [1.82, 2.24) is 5.32 Å². The number of aliphatic hydroxyl groups is 2. The quantitative estimate of drug-likeness (QED) is 0.0321. The number of amides is 1. The van der Waals surface area contributed by atoms with Gasteiger partial charge in [0, 0.05) is 12.8 Å². The Hall–Kier alpha value is -1.66. The lowest BCUT2D eigenvalue weighted by molar-refractivity contribution is -0.143. The van der Waals surface area contributed by atoms with Crippen molar-refractivity contribution < 1.29 is 24.5 Å². The highest BCUT2D eigenvalue weighted by Gasteiger charge is 2.20. The Morgan fingerprint density at radius 2 is 0.761 bits per heavy atom. The van der Waals surface area contributed by atoms with Gasteiger partial charge in [0.2, 0.25) is 5.91 Å². The van der Waals surface area contributed by atoms with Gasteiger partial charge in [0.15, 0.2) is 0 Å². The summed E-state index contributed by atoms with van der Waals surface area (Å²) in [6.07, 6.45) is 68.9. The summed E-state index contributed by atoms with van der Waals surface area (Å²) in [7, 11) is 0. The number of unbranched alkanes of at least 4 members (excludes halogenated alkanes) is 41. The first-order valence-corrected chi connectivity index (χ1v) is 30.1. The minimum Gasteiger partial charge on any atom is -0.466 e. The molecule has 2 unspecified atom stereocenters. The fraction of sp³-hybridized carbons (Fsp3) is 0.902. The Bertz CT molecular complexity index is 1040. The molecule has 0 heterocycles. The third kappa shape index (κ3) is 53.5. The van der Waals surface area contributed by atoms with Gasteiger partial charge in [0.05, 0.1) is 25.4 Å². The number of ether oxygens (including phenoxy) is 1. The fourth-order valence-corrected chi connectivity index (χ4v) is 9.36. The molecule has 0 spiro atoms. The van der Waals surface area contributed by atoms with Crippen molar-refractivity contribution >= 4 is 11.9 Å². The minimum atomic E-state index is -0.664. The summed E-state index contributed by atoms with van der Waals surface area (Å²) in [6.45, 7) is 4.92. The lowest BCUT2D eigenvalue weighted by Gasteiger charge is -2.22. The summed E-state index contributed by atoms with van der Waals surface area (Å²) in [6, 6.07) is -0.541. The van der Waals surface area contributed by atoms with Crippen molar-refractivity contribution in [3.8, 4) is 0 Å². The molecule has 0 radical (unpaired) electrons. The summed E-state index contributed by atoms with van der Waals surface area (Å²) in [4.78, 5) is 24.5. The maximum atomic E-state index is 12.5. The van der Waals surface area contributed by atoms with E-state index in [4.69, 9.17) is 4.74 Å². The third-order valence-corrected chi connectivity index (χ3v) is 14.0. The van der Waals surface area contributed by atoms with E-state index < -0.39 is 12.1 Å². The Kier molecular flexibility index (Phi) is 55.5. The van der Waals surface area contributed by atoms with Crippen LogP contribution in [0.15, 0.2) is 24.3 Å². The number of esters is 1. The molecule has 67 heavy (non-hydrogen) atoms. The Balaban J connectivity index is 3.38. The van der Waals surface area contributed by atoms with Gasteiger partial charge in [0.1, 0.15) is 0 Å². The largest absolute Gasteiger partial charge is 0.466 e. The highest BCUT2D eigenvalue weighted by Crippen LogP contribution is 2.18. The first-order chi connectivity index (χ1) is 33.0. The van der Waals surface area contributed by atoms with Crippen LogP contribution >= 0.6 is 0 Å². The predicted molar refractivity (Wildman–Crippen MR) is 292 cm³/mol. The van der Waals surface area contributed by atoms with Crippen molar-refractivity contribution in [2.75, 3.05) is 13.2 Å². The number of allylic oxidation sites excluding steroid dienone is 4. The maximum Gasteiger partial charge on any atom is 0.305 e. The van der Waals surface area contributed by atoms with Gasteiger partial charge in [-0.3, -0.25) is 9.59 Å². The Morgan fingerprint density at radius 1 is 0.418 bits per heavy atom. The van der Waals surface area contributed by atoms with Gasteiger partial charge in [-0.1, -0.05) is 289 Å². The van der Waals surface area contributed by atoms with Crippen molar-refractivity contribution in [3.63, 3.8) is 0 Å². The molecule has 396 valence electrons. The Morgan fingerprint density at radius 3 is 1.18 bits per heavy atom. The zero-order valence-corrected chi connectivity index (χ0v) is 45.1. The van der Waals surface area contributed by atoms with Gasteiger partial charge in [-0.25, -0.2) is 0 Å². The number of hydrogen-bond acceptors (Lipinski definition) is 5. The summed E-state index contributed by atoms with van der Waals surface area (Å²) in [5.74, 6) is -0.0351. The normalized spacial score (nSPS) is 12.7. The number of nitrogens with one attached hydrogen (secondary N) is 1. The number of carbonyl (C=O) groups is 2. The van der Waals surface area contributed by atoms with Crippen LogP contribution in [0.3, 0.4) is 0 Å². The summed E-state index contributed by atoms with van der Waals surface area (Å²) in [5.41, 5.74) is 0. The second kappa shape index (κ2) is 56.9. The SMILES string of the molecule is CCCC/C=C\C/C=C\CCCCCCCC(=O)OCCCCCCCCCCCCCCCCCCCCCCCCC(=O)NC(CO)C(O)CCCCCCCCCCCCCCCC. The van der Waals surface area contributed by atoms with E-state index in [1.807, 2.05) is 0 Å². The van der Waals surface area contributed by atoms with E-state index in [0.717, 1.165) is 51.4 Å². The van der Waals surface area contributed by atoms with Crippen molar-refractivity contribution in [3.05, 3.63) is 24.3 Å². The topological polar surface area (TPSA) is 95.9 Å². The standard InChI is InChI=1S/C61H117NO5/c1-3-5-7-9-11-13-15-17-29-33-37-41-45-49-53-59(64)58(57-63)62-60(65)54-50-46-42-38-34-30-27-25-23-21-19-20-22-24-26-28-32-36-40-44-48-52-56-67-61(66)55-51-47-43-39-35-31-18-16-14-12-10-8-6-4-2/h10,12,16,18,58-59,63-64H,3-9,11,13-15,17,19-57H2,1-2H3,(H,62,65)/b12-10-,18-16-. The zero-order chi connectivity index (χ0) is 48.6. The molecule has 6 heteroatoms. The van der Waals surface area contributed by atoms with Crippen LogP contribution in [0.2, 0.25) is 0 Å².